The summed E-state index contributed by atoms with van der Waals surface area (Å²) in [7, 11) is 1.75. The second-order valence-electron chi connectivity index (χ2n) is 4.83. The van der Waals surface area contributed by atoms with Crippen molar-refractivity contribution in [2.75, 3.05) is 25.5 Å². The van der Waals surface area contributed by atoms with E-state index < -0.39 is 0 Å². The summed E-state index contributed by atoms with van der Waals surface area (Å²) in [5.41, 5.74) is 0.548. The maximum Gasteiger partial charge on any atom is 0.255 e. The molecule has 2 heterocycles. The van der Waals surface area contributed by atoms with Gasteiger partial charge in [-0.15, -0.1) is 0 Å². The summed E-state index contributed by atoms with van der Waals surface area (Å²) < 4.78 is 6.44. The predicted molar refractivity (Wildman–Crippen MR) is 82.0 cm³/mol. The Morgan fingerprint density at radius 3 is 3.10 bits per heavy atom. The summed E-state index contributed by atoms with van der Waals surface area (Å²) in [6.07, 6.45) is 6.28. The van der Waals surface area contributed by atoms with Gasteiger partial charge in [0.05, 0.1) is 11.7 Å². The van der Waals surface area contributed by atoms with Crippen molar-refractivity contribution in [1.29, 1.82) is 0 Å². The van der Waals surface area contributed by atoms with Gasteiger partial charge in [-0.1, -0.05) is 0 Å². The van der Waals surface area contributed by atoms with Crippen LogP contribution in [0.5, 0.6) is 0 Å². The Morgan fingerprint density at radius 1 is 1.55 bits per heavy atom. The van der Waals surface area contributed by atoms with E-state index in [4.69, 9.17) is 4.74 Å². The number of carbonyl (C=O) groups is 1. The summed E-state index contributed by atoms with van der Waals surface area (Å²) in [6.45, 7) is 1.47. The van der Waals surface area contributed by atoms with Crippen LogP contribution in [-0.2, 0) is 4.74 Å². The second-order valence-corrected chi connectivity index (χ2v) is 5.75. The minimum Gasteiger partial charge on any atom is -0.378 e. The highest BCUT2D eigenvalue weighted by molar-refractivity contribution is 9.10. The largest absolute Gasteiger partial charge is 0.378 e. The van der Waals surface area contributed by atoms with E-state index in [1.54, 1.807) is 19.3 Å². The Morgan fingerprint density at radius 2 is 2.40 bits per heavy atom. The zero-order chi connectivity index (χ0) is 14.4. The van der Waals surface area contributed by atoms with Gasteiger partial charge in [-0.05, 0) is 47.7 Å². The van der Waals surface area contributed by atoms with Crippen LogP contribution in [0.15, 0.2) is 16.7 Å². The van der Waals surface area contributed by atoms with E-state index in [2.05, 4.69) is 31.5 Å². The molecule has 1 amide bonds. The molecule has 0 aromatic carbocycles. The van der Waals surface area contributed by atoms with Gasteiger partial charge in [-0.3, -0.25) is 4.79 Å². The number of hydrogen-bond donors (Lipinski definition) is 2. The van der Waals surface area contributed by atoms with Gasteiger partial charge in [-0.25, -0.2) is 4.98 Å². The van der Waals surface area contributed by atoms with E-state index in [1.165, 1.54) is 6.42 Å². The Kier molecular flexibility index (Phi) is 5.79. The first-order valence-electron chi connectivity index (χ1n) is 6.94. The molecular formula is C14H20BrN3O2. The molecule has 1 aliphatic rings. The van der Waals surface area contributed by atoms with E-state index in [0.29, 0.717) is 17.9 Å². The maximum absolute atomic E-state index is 12.2. The van der Waals surface area contributed by atoms with Crippen LogP contribution in [0.1, 0.15) is 36.0 Å². The number of pyridine rings is 1. The first-order chi connectivity index (χ1) is 9.70. The minimum atomic E-state index is -0.112. The number of rotatable bonds is 5. The molecule has 2 rings (SSSR count). The van der Waals surface area contributed by atoms with Gasteiger partial charge in [-0.2, -0.15) is 0 Å². The molecule has 1 aromatic rings. The highest BCUT2D eigenvalue weighted by atomic mass is 79.9. The molecule has 20 heavy (non-hydrogen) atoms. The Hall–Kier alpha value is -1.14. The van der Waals surface area contributed by atoms with Crippen molar-refractivity contribution in [2.24, 2.45) is 0 Å². The summed E-state index contributed by atoms with van der Waals surface area (Å²) in [4.78, 5) is 16.3. The minimum absolute atomic E-state index is 0.112. The van der Waals surface area contributed by atoms with Crippen molar-refractivity contribution in [3.05, 3.63) is 22.3 Å². The van der Waals surface area contributed by atoms with Crippen molar-refractivity contribution in [2.45, 2.75) is 31.8 Å². The average molecular weight is 342 g/mol. The number of carbonyl (C=O) groups excluding carboxylic acids is 1. The van der Waals surface area contributed by atoms with Gasteiger partial charge in [0.25, 0.3) is 5.91 Å². The fourth-order valence-corrected chi connectivity index (χ4v) is 2.62. The fraction of sp³-hybridized carbons (Fsp3) is 0.571. The second kappa shape index (κ2) is 7.59. The van der Waals surface area contributed by atoms with Gasteiger partial charge in [0, 0.05) is 30.9 Å². The predicted octanol–water partition coefficient (Wildman–Crippen LogP) is 2.57. The normalized spacial score (nSPS) is 18.6. The summed E-state index contributed by atoms with van der Waals surface area (Å²) in [5, 5.41) is 5.85. The number of nitrogens with one attached hydrogen (secondary N) is 2. The Bertz CT molecular complexity index is 462. The molecule has 1 aromatic heterocycles. The lowest BCUT2D eigenvalue weighted by molar-refractivity contribution is 0.0117. The first kappa shape index (κ1) is 15.3. The highest BCUT2D eigenvalue weighted by Gasteiger charge is 2.15. The number of nitrogens with zero attached hydrogens (tertiary/aromatic N) is 1. The molecule has 0 saturated carbocycles. The average Bonchev–Trinajstić information content (AvgIpc) is 2.48. The molecule has 1 aliphatic heterocycles. The smallest absolute Gasteiger partial charge is 0.255 e. The fourth-order valence-electron chi connectivity index (χ4n) is 2.29. The van der Waals surface area contributed by atoms with Crippen LogP contribution in [0.25, 0.3) is 0 Å². The van der Waals surface area contributed by atoms with Crippen molar-refractivity contribution in [3.8, 4) is 0 Å². The SMILES string of the molecule is CNc1ncc(Br)cc1C(=O)NCCC1CCCCO1. The molecule has 1 unspecified atom stereocenters. The van der Waals surface area contributed by atoms with E-state index in [-0.39, 0.29) is 12.0 Å². The summed E-state index contributed by atoms with van der Waals surface area (Å²) in [5.74, 6) is 0.471. The number of aromatic nitrogens is 1. The molecule has 2 N–H and O–H groups in total. The zero-order valence-corrected chi connectivity index (χ0v) is 13.2. The molecule has 5 nitrogen and oxygen atoms in total. The number of anilines is 1. The molecule has 1 fully saturated rings. The van der Waals surface area contributed by atoms with E-state index in [0.717, 1.165) is 30.3 Å². The maximum atomic E-state index is 12.2. The molecular weight excluding hydrogens is 322 g/mol. The topological polar surface area (TPSA) is 63.2 Å². The van der Waals surface area contributed by atoms with Crippen LogP contribution >= 0.6 is 15.9 Å². The van der Waals surface area contributed by atoms with Crippen LogP contribution in [-0.4, -0.2) is 37.2 Å². The summed E-state index contributed by atoms with van der Waals surface area (Å²) >= 11 is 3.33. The lowest BCUT2D eigenvalue weighted by atomic mass is 10.1. The molecule has 1 saturated heterocycles. The van der Waals surface area contributed by atoms with Gasteiger partial charge in [0.2, 0.25) is 0 Å². The quantitative estimate of drug-likeness (QED) is 0.863. The Balaban J connectivity index is 1.86. The number of amides is 1. The van der Waals surface area contributed by atoms with Crippen LogP contribution < -0.4 is 10.6 Å². The van der Waals surface area contributed by atoms with Crippen molar-refractivity contribution < 1.29 is 9.53 Å². The number of ether oxygens (including phenoxy) is 1. The van der Waals surface area contributed by atoms with Gasteiger partial charge < -0.3 is 15.4 Å². The molecule has 0 bridgehead atoms. The highest BCUT2D eigenvalue weighted by Crippen LogP contribution is 2.18. The lowest BCUT2D eigenvalue weighted by Gasteiger charge is -2.22. The zero-order valence-electron chi connectivity index (χ0n) is 11.6. The molecule has 1 atom stereocenters. The van der Waals surface area contributed by atoms with Crippen LogP contribution in [0, 0.1) is 0 Å². The Labute approximate surface area is 127 Å². The molecule has 110 valence electrons. The van der Waals surface area contributed by atoms with Crippen LogP contribution in [0.4, 0.5) is 5.82 Å². The van der Waals surface area contributed by atoms with Crippen LogP contribution in [0.3, 0.4) is 0 Å². The molecule has 0 radical (unpaired) electrons. The molecule has 0 aliphatic carbocycles. The number of hydrogen-bond acceptors (Lipinski definition) is 4. The van der Waals surface area contributed by atoms with Crippen molar-refractivity contribution in [1.82, 2.24) is 10.3 Å². The molecule has 6 heteroatoms. The van der Waals surface area contributed by atoms with E-state index in [1.807, 2.05) is 0 Å². The van der Waals surface area contributed by atoms with E-state index in [9.17, 15) is 4.79 Å². The van der Waals surface area contributed by atoms with Gasteiger partial charge in [0.1, 0.15) is 5.82 Å². The third kappa shape index (κ3) is 4.18. The van der Waals surface area contributed by atoms with Gasteiger partial charge in [0.15, 0.2) is 0 Å². The number of halogens is 1. The third-order valence-electron chi connectivity index (χ3n) is 3.36. The van der Waals surface area contributed by atoms with Crippen molar-refractivity contribution in [3.63, 3.8) is 0 Å². The van der Waals surface area contributed by atoms with Crippen LogP contribution in [0.2, 0.25) is 0 Å². The lowest BCUT2D eigenvalue weighted by Crippen LogP contribution is -2.30. The van der Waals surface area contributed by atoms with Crippen molar-refractivity contribution >= 4 is 27.7 Å². The summed E-state index contributed by atoms with van der Waals surface area (Å²) in [6, 6.07) is 1.77. The monoisotopic (exact) mass is 341 g/mol. The first-order valence-corrected chi connectivity index (χ1v) is 7.73. The molecule has 0 spiro atoms. The standard InChI is InChI=1S/C14H20BrN3O2/c1-16-13-12(8-10(15)9-18-13)14(19)17-6-5-11-4-2-3-7-20-11/h8-9,11H,2-7H2,1H3,(H,16,18)(H,17,19). The van der Waals surface area contributed by atoms with Gasteiger partial charge >= 0.3 is 0 Å². The third-order valence-corrected chi connectivity index (χ3v) is 3.80. The van der Waals surface area contributed by atoms with E-state index >= 15 is 0 Å².